The molecule has 112 valence electrons. The van der Waals surface area contributed by atoms with Gasteiger partial charge < -0.3 is 5.73 Å². The van der Waals surface area contributed by atoms with E-state index in [1.54, 1.807) is 6.07 Å². The topological polar surface area (TPSA) is 60.2 Å². The predicted octanol–water partition coefficient (Wildman–Crippen LogP) is 2.98. The molecule has 0 amide bonds. The molecule has 4 heteroatoms. The molecule has 0 aromatic heterocycles. The molecule has 1 fully saturated rings. The summed E-state index contributed by atoms with van der Waals surface area (Å²) in [7, 11) is -3.35. The molecule has 20 heavy (non-hydrogen) atoms. The van der Waals surface area contributed by atoms with E-state index in [0.717, 1.165) is 24.0 Å². The van der Waals surface area contributed by atoms with Crippen molar-refractivity contribution in [2.75, 3.05) is 0 Å². The number of aryl methyl sites for hydroxylation is 2. The van der Waals surface area contributed by atoms with Crippen LogP contribution in [0.2, 0.25) is 0 Å². The monoisotopic (exact) mass is 295 g/mol. The molecule has 1 aromatic carbocycles. The van der Waals surface area contributed by atoms with Crippen LogP contribution < -0.4 is 5.73 Å². The summed E-state index contributed by atoms with van der Waals surface area (Å²) in [5.41, 5.74) is 8.07. The van der Waals surface area contributed by atoms with E-state index in [9.17, 15) is 8.42 Å². The summed E-state index contributed by atoms with van der Waals surface area (Å²) in [5, 5.41) is -0.465. The van der Waals surface area contributed by atoms with Crippen molar-refractivity contribution in [1.29, 1.82) is 0 Å². The zero-order chi connectivity index (χ0) is 15.1. The van der Waals surface area contributed by atoms with Gasteiger partial charge in [-0.1, -0.05) is 31.5 Å². The molecule has 3 nitrogen and oxygen atoms in total. The molecule has 1 aromatic rings. The van der Waals surface area contributed by atoms with Gasteiger partial charge in [-0.05, 0) is 50.2 Å². The number of hydrogen-bond donors (Lipinski definition) is 1. The van der Waals surface area contributed by atoms with Crippen LogP contribution in [0, 0.1) is 19.3 Å². The molecule has 1 aliphatic carbocycles. The van der Waals surface area contributed by atoms with Crippen molar-refractivity contribution < 1.29 is 8.42 Å². The Morgan fingerprint density at radius 1 is 1.25 bits per heavy atom. The van der Waals surface area contributed by atoms with E-state index in [4.69, 9.17) is 5.73 Å². The molecule has 1 saturated carbocycles. The summed E-state index contributed by atoms with van der Waals surface area (Å²) in [4.78, 5) is 0.446. The maximum absolute atomic E-state index is 12.9. The number of hydrogen-bond acceptors (Lipinski definition) is 3. The zero-order valence-electron chi connectivity index (χ0n) is 12.8. The van der Waals surface area contributed by atoms with Gasteiger partial charge in [-0.25, -0.2) is 8.42 Å². The van der Waals surface area contributed by atoms with Crippen molar-refractivity contribution in [2.45, 2.75) is 63.1 Å². The van der Waals surface area contributed by atoms with Crippen molar-refractivity contribution in [3.63, 3.8) is 0 Å². The second-order valence-electron chi connectivity index (χ2n) is 6.92. The van der Waals surface area contributed by atoms with Crippen molar-refractivity contribution in [3.05, 3.63) is 29.3 Å². The van der Waals surface area contributed by atoms with E-state index in [1.165, 1.54) is 0 Å². The lowest BCUT2D eigenvalue weighted by atomic mass is 9.75. The van der Waals surface area contributed by atoms with Gasteiger partial charge in [0.1, 0.15) is 0 Å². The lowest BCUT2D eigenvalue weighted by Gasteiger charge is -2.38. The molecule has 1 aliphatic rings. The van der Waals surface area contributed by atoms with Crippen LogP contribution in [0.4, 0.5) is 0 Å². The summed E-state index contributed by atoms with van der Waals surface area (Å²) in [6.45, 7) is 8.09. The van der Waals surface area contributed by atoms with Gasteiger partial charge in [0.25, 0.3) is 0 Å². The Balaban J connectivity index is 2.43. The van der Waals surface area contributed by atoms with Crippen molar-refractivity contribution >= 4 is 9.84 Å². The largest absolute Gasteiger partial charge is 0.327 e. The van der Waals surface area contributed by atoms with E-state index in [1.807, 2.05) is 26.0 Å². The average Bonchev–Trinajstić information content (AvgIpc) is 2.31. The van der Waals surface area contributed by atoms with Crippen LogP contribution in [0.25, 0.3) is 0 Å². The molecule has 0 saturated heterocycles. The highest BCUT2D eigenvalue weighted by atomic mass is 32.2. The number of rotatable bonds is 2. The molecule has 0 heterocycles. The van der Waals surface area contributed by atoms with Crippen molar-refractivity contribution in [2.24, 2.45) is 11.1 Å². The van der Waals surface area contributed by atoms with Crippen LogP contribution in [0.15, 0.2) is 23.1 Å². The van der Waals surface area contributed by atoms with Crippen LogP contribution in [0.1, 0.15) is 44.2 Å². The van der Waals surface area contributed by atoms with Crippen LogP contribution in [0.3, 0.4) is 0 Å². The highest BCUT2D eigenvalue weighted by Crippen LogP contribution is 2.39. The molecule has 0 radical (unpaired) electrons. The van der Waals surface area contributed by atoms with E-state index in [-0.39, 0.29) is 11.5 Å². The van der Waals surface area contributed by atoms with Gasteiger partial charge in [0.2, 0.25) is 0 Å². The van der Waals surface area contributed by atoms with Gasteiger partial charge in [-0.15, -0.1) is 0 Å². The fraction of sp³-hybridized carbons (Fsp3) is 0.625. The maximum atomic E-state index is 12.9. The smallest absolute Gasteiger partial charge is 0.183 e. The molecular weight excluding hydrogens is 270 g/mol. The SMILES string of the molecule is Cc1ccc(S(=O)(=O)C2CC(C)(C)CCC2N)c(C)c1. The van der Waals surface area contributed by atoms with Crippen molar-refractivity contribution in [1.82, 2.24) is 0 Å². The van der Waals surface area contributed by atoms with E-state index in [2.05, 4.69) is 13.8 Å². The van der Waals surface area contributed by atoms with Gasteiger partial charge in [0.15, 0.2) is 9.84 Å². The van der Waals surface area contributed by atoms with E-state index in [0.29, 0.717) is 11.3 Å². The third kappa shape index (κ3) is 2.91. The lowest BCUT2D eigenvalue weighted by Crippen LogP contribution is -2.47. The normalized spacial score (nSPS) is 26.4. The molecule has 0 spiro atoms. The van der Waals surface area contributed by atoms with Gasteiger partial charge >= 0.3 is 0 Å². The van der Waals surface area contributed by atoms with Crippen LogP contribution in [0.5, 0.6) is 0 Å². The fourth-order valence-corrected chi connectivity index (χ4v) is 5.52. The minimum absolute atomic E-state index is 0.0478. The second-order valence-corrected chi connectivity index (χ2v) is 9.06. The predicted molar refractivity (Wildman–Crippen MR) is 82.5 cm³/mol. The fourth-order valence-electron chi connectivity index (χ4n) is 3.16. The third-order valence-electron chi connectivity index (χ3n) is 4.42. The highest BCUT2D eigenvalue weighted by Gasteiger charge is 2.41. The Bertz CT molecular complexity index is 605. The van der Waals surface area contributed by atoms with Gasteiger partial charge in [0, 0.05) is 6.04 Å². The summed E-state index contributed by atoms with van der Waals surface area (Å²) in [6.07, 6.45) is 2.42. The molecule has 0 aliphatic heterocycles. The minimum atomic E-state index is -3.35. The summed E-state index contributed by atoms with van der Waals surface area (Å²) in [5.74, 6) is 0. The van der Waals surface area contributed by atoms with Gasteiger partial charge in [-0.3, -0.25) is 0 Å². The van der Waals surface area contributed by atoms with Gasteiger partial charge in [-0.2, -0.15) is 0 Å². The molecule has 2 rings (SSSR count). The minimum Gasteiger partial charge on any atom is -0.327 e. The first-order chi connectivity index (χ1) is 9.13. The number of sulfone groups is 1. The summed E-state index contributed by atoms with van der Waals surface area (Å²) < 4.78 is 25.9. The maximum Gasteiger partial charge on any atom is 0.183 e. The molecule has 2 unspecified atom stereocenters. The molecule has 2 N–H and O–H groups in total. The number of benzene rings is 1. The van der Waals surface area contributed by atoms with Crippen LogP contribution >= 0.6 is 0 Å². The lowest BCUT2D eigenvalue weighted by molar-refractivity contribution is 0.227. The Hall–Kier alpha value is -0.870. The Labute approximate surface area is 122 Å². The first-order valence-corrected chi connectivity index (χ1v) is 8.75. The molecule has 0 bridgehead atoms. The zero-order valence-corrected chi connectivity index (χ0v) is 13.6. The Kier molecular flexibility index (Phi) is 4.00. The third-order valence-corrected chi connectivity index (χ3v) is 6.81. The van der Waals surface area contributed by atoms with Gasteiger partial charge in [0.05, 0.1) is 10.1 Å². The summed E-state index contributed by atoms with van der Waals surface area (Å²) >= 11 is 0. The van der Waals surface area contributed by atoms with E-state index >= 15 is 0 Å². The standard InChI is InChI=1S/C16H25NO2S/c1-11-5-6-14(12(2)9-11)20(18,19)15-10-16(3,4)8-7-13(15)17/h5-6,9,13,15H,7-8,10,17H2,1-4H3. The highest BCUT2D eigenvalue weighted by molar-refractivity contribution is 7.92. The van der Waals surface area contributed by atoms with Crippen LogP contribution in [-0.4, -0.2) is 19.7 Å². The van der Waals surface area contributed by atoms with Crippen molar-refractivity contribution in [3.8, 4) is 0 Å². The van der Waals surface area contributed by atoms with E-state index < -0.39 is 15.1 Å². The second kappa shape index (κ2) is 5.15. The first-order valence-electron chi connectivity index (χ1n) is 7.20. The Morgan fingerprint density at radius 3 is 2.50 bits per heavy atom. The quantitative estimate of drug-likeness (QED) is 0.912. The first kappa shape index (κ1) is 15.5. The molecular formula is C16H25NO2S. The molecule has 2 atom stereocenters. The van der Waals surface area contributed by atoms with Crippen LogP contribution in [-0.2, 0) is 9.84 Å². The summed E-state index contributed by atoms with van der Waals surface area (Å²) in [6, 6.07) is 5.26. The average molecular weight is 295 g/mol. The Morgan fingerprint density at radius 2 is 1.90 bits per heavy atom. The number of nitrogens with two attached hydrogens (primary N) is 1.